The zero-order valence-electron chi connectivity index (χ0n) is 21.1. The highest BCUT2D eigenvalue weighted by Crippen LogP contribution is 2.31. The molecule has 1 aliphatic rings. The van der Waals surface area contributed by atoms with Crippen LogP contribution < -0.4 is 11.1 Å². The van der Waals surface area contributed by atoms with E-state index in [1.807, 2.05) is 35.2 Å². The van der Waals surface area contributed by atoms with E-state index in [0.29, 0.717) is 18.1 Å². The number of nitrogens with two attached hydrogens (primary N) is 1. The van der Waals surface area contributed by atoms with Crippen molar-refractivity contribution in [3.63, 3.8) is 0 Å². The van der Waals surface area contributed by atoms with E-state index in [2.05, 4.69) is 69.4 Å². The fourth-order valence-corrected chi connectivity index (χ4v) is 5.54. The lowest BCUT2D eigenvalue weighted by molar-refractivity contribution is 0.320. The molecule has 3 heterocycles. The maximum Gasteiger partial charge on any atom is 0.229 e. The van der Waals surface area contributed by atoms with Crippen molar-refractivity contribution in [2.45, 2.75) is 25.3 Å². The average molecular weight is 558 g/mol. The minimum absolute atomic E-state index is 0. The monoisotopic (exact) mass is 557 g/mol. The number of likely N-dealkylation sites (tertiary alicyclic amines) is 1. The molecule has 6 rings (SSSR count). The molecule has 10 heteroatoms. The molecule has 1 atom stereocenters. The Bertz CT molecular complexity index is 1550. The van der Waals surface area contributed by atoms with Crippen molar-refractivity contribution in [2.24, 2.45) is 5.73 Å². The Labute approximate surface area is 236 Å². The second kappa shape index (κ2) is 11.7. The number of aromatic nitrogens is 3. The lowest BCUT2D eigenvalue weighted by Crippen LogP contribution is -2.41. The molecule has 0 amide bonds. The lowest BCUT2D eigenvalue weighted by Gasteiger charge is -2.23. The molecule has 198 valence electrons. The first-order valence-electron chi connectivity index (χ1n) is 12.5. The molecule has 2 aromatic heterocycles. The zero-order valence-corrected chi connectivity index (χ0v) is 22.7. The van der Waals surface area contributed by atoms with Gasteiger partial charge in [-0.15, -0.1) is 23.7 Å². The minimum Gasteiger partial charge on any atom is -0.370 e. The third kappa shape index (κ3) is 5.94. The molecular formula is C29H28ClN7OS. The van der Waals surface area contributed by atoms with Gasteiger partial charge in [0.2, 0.25) is 11.7 Å². The first-order chi connectivity index (χ1) is 18.6. The highest BCUT2D eigenvalue weighted by Gasteiger charge is 2.27. The van der Waals surface area contributed by atoms with Gasteiger partial charge in [0.15, 0.2) is 11.1 Å². The van der Waals surface area contributed by atoms with Crippen LogP contribution in [0.25, 0.3) is 33.8 Å². The van der Waals surface area contributed by atoms with Gasteiger partial charge in [0.25, 0.3) is 0 Å². The van der Waals surface area contributed by atoms with Crippen molar-refractivity contribution in [3.8, 4) is 33.8 Å². The van der Waals surface area contributed by atoms with Crippen LogP contribution in [0, 0.1) is 5.41 Å². The molecule has 0 aliphatic carbocycles. The third-order valence-corrected chi connectivity index (χ3v) is 7.49. The maximum absolute atomic E-state index is 7.74. The normalized spacial score (nSPS) is 14.7. The predicted octanol–water partition coefficient (Wildman–Crippen LogP) is 6.59. The Kier molecular flexibility index (Phi) is 7.90. The topological polar surface area (TPSA) is 117 Å². The van der Waals surface area contributed by atoms with Crippen molar-refractivity contribution in [3.05, 3.63) is 90.1 Å². The summed E-state index contributed by atoms with van der Waals surface area (Å²) in [5, 5.41) is 18.2. The van der Waals surface area contributed by atoms with E-state index in [1.54, 1.807) is 11.3 Å². The molecule has 0 spiro atoms. The fourth-order valence-electron chi connectivity index (χ4n) is 4.80. The Morgan fingerprint density at radius 3 is 2.54 bits per heavy atom. The number of hydrogen-bond donors (Lipinski definition) is 3. The van der Waals surface area contributed by atoms with Gasteiger partial charge in [-0.3, -0.25) is 5.41 Å². The Morgan fingerprint density at radius 1 is 0.974 bits per heavy atom. The van der Waals surface area contributed by atoms with Gasteiger partial charge >= 0.3 is 0 Å². The van der Waals surface area contributed by atoms with E-state index in [4.69, 9.17) is 20.7 Å². The van der Waals surface area contributed by atoms with Crippen LogP contribution in [0.15, 0.2) is 88.8 Å². The Balaban J connectivity index is 0.00000308. The number of thiazole rings is 1. The summed E-state index contributed by atoms with van der Waals surface area (Å²) in [7, 11) is 0. The van der Waals surface area contributed by atoms with Gasteiger partial charge in [0, 0.05) is 41.2 Å². The van der Waals surface area contributed by atoms with Gasteiger partial charge in [-0.1, -0.05) is 53.7 Å². The quantitative estimate of drug-likeness (QED) is 0.152. The van der Waals surface area contributed by atoms with Crippen molar-refractivity contribution in [1.29, 1.82) is 5.41 Å². The number of hydrogen-bond acceptors (Lipinski definition) is 7. The molecule has 0 unspecified atom stereocenters. The van der Waals surface area contributed by atoms with Crippen LogP contribution in [0.1, 0.15) is 18.7 Å². The maximum atomic E-state index is 7.74. The molecule has 1 saturated heterocycles. The number of nitrogens with one attached hydrogen (secondary N) is 2. The number of anilines is 2. The Morgan fingerprint density at radius 2 is 1.74 bits per heavy atom. The average Bonchev–Trinajstić information content (AvgIpc) is 3.72. The molecule has 1 aliphatic heterocycles. The summed E-state index contributed by atoms with van der Waals surface area (Å²) < 4.78 is 5.49. The molecule has 5 aromatic rings. The molecule has 39 heavy (non-hydrogen) atoms. The number of halogens is 1. The van der Waals surface area contributed by atoms with Crippen LogP contribution in [-0.2, 0) is 6.42 Å². The fraction of sp³-hybridized carbons (Fsp3) is 0.172. The van der Waals surface area contributed by atoms with E-state index >= 15 is 0 Å². The molecule has 0 bridgehead atoms. The molecule has 0 radical (unpaired) electrons. The van der Waals surface area contributed by atoms with E-state index in [-0.39, 0.29) is 24.4 Å². The summed E-state index contributed by atoms with van der Waals surface area (Å²) in [6.45, 7) is 0.802. The molecule has 8 nitrogen and oxygen atoms in total. The molecule has 1 fully saturated rings. The zero-order chi connectivity index (χ0) is 25.9. The Hall–Kier alpha value is -4.21. The molecule has 3 aromatic carbocycles. The highest BCUT2D eigenvalue weighted by atomic mass is 35.5. The van der Waals surface area contributed by atoms with Gasteiger partial charge in [-0.2, -0.15) is 4.98 Å². The van der Waals surface area contributed by atoms with Gasteiger partial charge in [-0.25, -0.2) is 4.98 Å². The van der Waals surface area contributed by atoms with E-state index in [0.717, 1.165) is 47.0 Å². The first kappa shape index (κ1) is 26.4. The third-order valence-electron chi connectivity index (χ3n) is 6.73. The summed E-state index contributed by atoms with van der Waals surface area (Å²) in [4.78, 5) is 11.3. The number of rotatable bonds is 7. The second-order valence-corrected chi connectivity index (χ2v) is 10.1. The minimum atomic E-state index is 0. The molecule has 0 saturated carbocycles. The van der Waals surface area contributed by atoms with E-state index in [9.17, 15) is 0 Å². The lowest BCUT2D eigenvalue weighted by atomic mass is 10.0. The predicted molar refractivity (Wildman–Crippen MR) is 159 cm³/mol. The highest BCUT2D eigenvalue weighted by molar-refractivity contribution is 7.14. The SMILES string of the molecule is Cl.N=C(N)N1CCC[C@H]1Cc1nc(-c2ccc(Nc3nc(-c4cccc(-c5ccccc5)c4)cs3)cc2)no1. The summed E-state index contributed by atoms with van der Waals surface area (Å²) in [5.74, 6) is 1.21. The first-order valence-corrected chi connectivity index (χ1v) is 13.4. The van der Waals surface area contributed by atoms with Crippen LogP contribution in [-0.4, -0.2) is 38.6 Å². The van der Waals surface area contributed by atoms with Crippen molar-refractivity contribution < 1.29 is 4.52 Å². The smallest absolute Gasteiger partial charge is 0.229 e. The van der Waals surface area contributed by atoms with Crippen LogP contribution in [0.4, 0.5) is 10.8 Å². The second-order valence-electron chi connectivity index (χ2n) is 9.28. The molecule has 4 N–H and O–H groups in total. The standard InChI is InChI=1S/C29H27N7OS.ClH/c30-28(31)36-15-5-10-24(36)17-26-34-27(35-37-26)20-11-13-23(14-12-20)32-29-33-25(18-38-29)22-9-4-8-21(16-22)19-6-2-1-3-7-19;/h1-4,6-9,11-14,16,18,24H,5,10,15,17H2,(H3,30,31)(H,32,33);1H/t24-;/m0./s1. The number of guanidine groups is 1. The van der Waals surface area contributed by atoms with Crippen LogP contribution in [0.3, 0.4) is 0 Å². The van der Waals surface area contributed by atoms with Gasteiger partial charge < -0.3 is 20.5 Å². The van der Waals surface area contributed by atoms with Gasteiger partial charge in [0.05, 0.1) is 5.69 Å². The summed E-state index contributed by atoms with van der Waals surface area (Å²) >= 11 is 1.57. The summed E-state index contributed by atoms with van der Waals surface area (Å²) in [6.07, 6.45) is 2.57. The van der Waals surface area contributed by atoms with Crippen molar-refractivity contribution in [1.82, 2.24) is 20.0 Å². The number of nitrogens with zero attached hydrogens (tertiary/aromatic N) is 4. The van der Waals surface area contributed by atoms with E-state index in [1.165, 1.54) is 11.1 Å². The van der Waals surface area contributed by atoms with Crippen molar-refractivity contribution in [2.75, 3.05) is 11.9 Å². The summed E-state index contributed by atoms with van der Waals surface area (Å²) in [5.41, 5.74) is 11.9. The number of benzene rings is 3. The van der Waals surface area contributed by atoms with Crippen LogP contribution in [0.5, 0.6) is 0 Å². The largest absolute Gasteiger partial charge is 0.370 e. The van der Waals surface area contributed by atoms with Crippen LogP contribution in [0.2, 0.25) is 0 Å². The van der Waals surface area contributed by atoms with E-state index < -0.39 is 0 Å². The molecular weight excluding hydrogens is 530 g/mol. The summed E-state index contributed by atoms with van der Waals surface area (Å²) in [6, 6.07) is 26.8. The van der Waals surface area contributed by atoms with Gasteiger partial charge in [-0.05, 0) is 54.3 Å². The van der Waals surface area contributed by atoms with Crippen LogP contribution >= 0.6 is 23.7 Å². The van der Waals surface area contributed by atoms with Gasteiger partial charge in [0.1, 0.15) is 0 Å². The van der Waals surface area contributed by atoms with Crippen molar-refractivity contribution >= 4 is 40.5 Å².